The number of hydrogen-bond acceptors (Lipinski definition) is 3. The Morgan fingerprint density at radius 1 is 1.04 bits per heavy atom. The molecule has 0 saturated carbocycles. The van der Waals surface area contributed by atoms with Crippen LogP contribution >= 0.6 is 0 Å². The Morgan fingerprint density at radius 3 is 2.29 bits per heavy atom. The third kappa shape index (κ3) is 4.14. The van der Waals surface area contributed by atoms with Crippen molar-refractivity contribution in [1.82, 2.24) is 0 Å². The maximum absolute atomic E-state index is 13.7. The number of anilines is 2. The Kier molecular flexibility index (Phi) is 5.93. The van der Waals surface area contributed by atoms with Gasteiger partial charge in [0.1, 0.15) is 5.41 Å². The molecule has 0 aromatic heterocycles. The lowest BCUT2D eigenvalue weighted by molar-refractivity contribution is -0.237. The fourth-order valence-electron chi connectivity index (χ4n) is 3.35. The van der Waals surface area contributed by atoms with Gasteiger partial charge in [0.15, 0.2) is 0 Å². The van der Waals surface area contributed by atoms with Crippen LogP contribution in [0.15, 0.2) is 48.5 Å². The zero-order chi connectivity index (χ0) is 20.2. The van der Waals surface area contributed by atoms with Gasteiger partial charge in [-0.2, -0.15) is 13.2 Å². The van der Waals surface area contributed by atoms with Crippen molar-refractivity contribution in [1.29, 1.82) is 0 Å². The van der Waals surface area contributed by atoms with Gasteiger partial charge in [0.2, 0.25) is 5.91 Å². The van der Waals surface area contributed by atoms with Crippen molar-refractivity contribution < 1.29 is 22.7 Å². The molecular weight excluding hydrogens is 369 g/mol. The molecule has 2 aromatic carbocycles. The minimum atomic E-state index is -4.63. The van der Waals surface area contributed by atoms with Crippen LogP contribution in [-0.2, 0) is 16.1 Å². The van der Waals surface area contributed by atoms with Crippen molar-refractivity contribution in [3.05, 3.63) is 59.7 Å². The minimum Gasteiger partial charge on any atom is -0.381 e. The number of benzene rings is 2. The summed E-state index contributed by atoms with van der Waals surface area (Å²) in [5.74, 6) is -1.03. The van der Waals surface area contributed by atoms with Gasteiger partial charge >= 0.3 is 6.18 Å². The minimum absolute atomic E-state index is 0.0832. The Labute approximate surface area is 162 Å². The van der Waals surface area contributed by atoms with Crippen molar-refractivity contribution >= 4 is 17.3 Å². The van der Waals surface area contributed by atoms with E-state index in [1.165, 1.54) is 0 Å². The first-order valence-electron chi connectivity index (χ1n) is 9.17. The second-order valence-electron chi connectivity index (χ2n) is 6.97. The summed E-state index contributed by atoms with van der Waals surface area (Å²) in [6, 6.07) is 14.6. The molecule has 150 valence electrons. The zero-order valence-corrected chi connectivity index (χ0v) is 15.6. The lowest BCUT2D eigenvalue weighted by Crippen LogP contribution is -2.51. The molecule has 0 bridgehead atoms. The van der Waals surface area contributed by atoms with Crippen molar-refractivity contribution in [3.8, 4) is 0 Å². The number of carbonyl (C=O) groups excluding carboxylic acids is 1. The van der Waals surface area contributed by atoms with Gasteiger partial charge in [-0.25, -0.2) is 0 Å². The number of nitrogens with one attached hydrogen (secondary N) is 2. The molecule has 28 heavy (non-hydrogen) atoms. The Morgan fingerprint density at radius 2 is 1.64 bits per heavy atom. The highest BCUT2D eigenvalue weighted by Crippen LogP contribution is 2.47. The summed E-state index contributed by atoms with van der Waals surface area (Å²) in [5, 5.41) is 5.71. The molecule has 2 aromatic rings. The molecule has 3 rings (SSSR count). The third-order valence-corrected chi connectivity index (χ3v) is 5.23. The van der Waals surface area contributed by atoms with Crippen LogP contribution in [0.1, 0.15) is 24.0 Å². The normalized spacial score (nSPS) is 16.4. The summed E-state index contributed by atoms with van der Waals surface area (Å²) in [6.07, 6.45) is -5.38. The van der Waals surface area contributed by atoms with Gasteiger partial charge < -0.3 is 15.4 Å². The van der Waals surface area contributed by atoms with Gasteiger partial charge in [-0.05, 0) is 43.0 Å². The maximum Gasteiger partial charge on any atom is 0.403 e. The lowest BCUT2D eigenvalue weighted by Gasteiger charge is -2.37. The second kappa shape index (κ2) is 8.22. The predicted octanol–water partition coefficient (Wildman–Crippen LogP) is 4.90. The molecule has 0 unspecified atom stereocenters. The van der Waals surface area contributed by atoms with Gasteiger partial charge in [-0.1, -0.05) is 36.4 Å². The summed E-state index contributed by atoms with van der Waals surface area (Å²) in [6.45, 7) is 2.32. The number of alkyl halides is 3. The van der Waals surface area contributed by atoms with Gasteiger partial charge in [-0.15, -0.1) is 0 Å². The fourth-order valence-corrected chi connectivity index (χ4v) is 3.35. The molecule has 4 nitrogen and oxygen atoms in total. The molecule has 1 fully saturated rings. The van der Waals surface area contributed by atoms with Crippen molar-refractivity contribution in [2.75, 3.05) is 23.8 Å². The van der Waals surface area contributed by atoms with E-state index in [4.69, 9.17) is 4.74 Å². The highest BCUT2D eigenvalue weighted by molar-refractivity contribution is 5.98. The summed E-state index contributed by atoms with van der Waals surface area (Å²) in [4.78, 5) is 12.7. The van der Waals surface area contributed by atoms with Crippen molar-refractivity contribution in [2.24, 2.45) is 5.41 Å². The number of halogens is 3. The molecule has 1 heterocycles. The van der Waals surface area contributed by atoms with Crippen molar-refractivity contribution in [3.63, 3.8) is 0 Å². The van der Waals surface area contributed by atoms with E-state index in [0.717, 1.165) is 11.1 Å². The van der Waals surface area contributed by atoms with Crippen LogP contribution in [0, 0.1) is 12.3 Å². The van der Waals surface area contributed by atoms with E-state index in [0.29, 0.717) is 17.9 Å². The molecule has 0 spiro atoms. The first kappa shape index (κ1) is 20.2. The number of rotatable bonds is 5. The van der Waals surface area contributed by atoms with Crippen LogP contribution < -0.4 is 10.6 Å². The van der Waals surface area contributed by atoms with E-state index in [1.807, 2.05) is 31.2 Å². The number of amides is 1. The molecular formula is C21H23F3N2O2. The van der Waals surface area contributed by atoms with Crippen LogP contribution in [0.5, 0.6) is 0 Å². The number of hydrogen-bond donors (Lipinski definition) is 2. The van der Waals surface area contributed by atoms with Crippen LogP contribution in [-0.4, -0.2) is 25.3 Å². The topological polar surface area (TPSA) is 50.4 Å². The molecule has 0 radical (unpaired) electrons. The predicted molar refractivity (Wildman–Crippen MR) is 102 cm³/mol. The Bertz CT molecular complexity index is 830. The van der Waals surface area contributed by atoms with Gasteiger partial charge in [0.25, 0.3) is 0 Å². The average molecular weight is 392 g/mol. The molecule has 0 atom stereocenters. The summed E-state index contributed by atoms with van der Waals surface area (Å²) >= 11 is 0. The largest absolute Gasteiger partial charge is 0.403 e. The lowest BCUT2D eigenvalue weighted by atomic mass is 9.78. The van der Waals surface area contributed by atoms with Crippen LogP contribution in [0.25, 0.3) is 0 Å². The highest BCUT2D eigenvalue weighted by atomic mass is 19.4. The Hall–Kier alpha value is -2.54. The Balaban J connectivity index is 1.79. The molecule has 1 aliphatic heterocycles. The summed E-state index contributed by atoms with van der Waals surface area (Å²) < 4.78 is 46.2. The first-order valence-corrected chi connectivity index (χ1v) is 9.17. The molecule has 1 saturated heterocycles. The number of aryl methyl sites for hydroxylation is 1. The molecule has 0 aliphatic carbocycles. The van der Waals surface area contributed by atoms with E-state index in [9.17, 15) is 18.0 Å². The quantitative estimate of drug-likeness (QED) is 0.761. The van der Waals surface area contributed by atoms with E-state index < -0.39 is 17.5 Å². The van der Waals surface area contributed by atoms with Crippen LogP contribution in [0.2, 0.25) is 0 Å². The maximum atomic E-state index is 13.7. The number of para-hydroxylation sites is 2. The van der Waals surface area contributed by atoms with E-state index in [1.54, 1.807) is 24.3 Å². The van der Waals surface area contributed by atoms with Gasteiger partial charge in [-0.3, -0.25) is 4.79 Å². The third-order valence-electron chi connectivity index (χ3n) is 5.23. The summed E-state index contributed by atoms with van der Waals surface area (Å²) in [7, 11) is 0. The van der Waals surface area contributed by atoms with Crippen molar-refractivity contribution in [2.45, 2.75) is 32.5 Å². The van der Waals surface area contributed by atoms with Crippen LogP contribution in [0.3, 0.4) is 0 Å². The van der Waals surface area contributed by atoms with E-state index in [2.05, 4.69) is 10.6 Å². The molecule has 1 aliphatic rings. The van der Waals surface area contributed by atoms with E-state index in [-0.39, 0.29) is 26.1 Å². The standard InChI is InChI=1S/C21H23F3N2O2/c1-15-6-2-3-7-16(15)14-25-17-8-4-5-9-18(17)26-19(27)20(21(22,23)24)10-12-28-13-11-20/h2-9,25H,10-14H2,1H3,(H,26,27). The second-order valence-corrected chi connectivity index (χ2v) is 6.97. The average Bonchev–Trinajstić information content (AvgIpc) is 2.68. The molecule has 7 heteroatoms. The number of ether oxygens (including phenoxy) is 1. The number of carbonyl (C=O) groups is 1. The zero-order valence-electron chi connectivity index (χ0n) is 15.6. The fraction of sp³-hybridized carbons (Fsp3) is 0.381. The summed E-state index contributed by atoms with van der Waals surface area (Å²) in [5.41, 5.74) is 0.656. The smallest absolute Gasteiger partial charge is 0.381 e. The van der Waals surface area contributed by atoms with Crippen LogP contribution in [0.4, 0.5) is 24.5 Å². The van der Waals surface area contributed by atoms with E-state index >= 15 is 0 Å². The monoisotopic (exact) mass is 392 g/mol. The molecule has 2 N–H and O–H groups in total. The molecule has 1 amide bonds. The highest BCUT2D eigenvalue weighted by Gasteiger charge is 2.60. The van der Waals surface area contributed by atoms with Gasteiger partial charge in [0.05, 0.1) is 11.4 Å². The first-order chi connectivity index (χ1) is 13.3. The van der Waals surface area contributed by atoms with Gasteiger partial charge in [0, 0.05) is 19.8 Å². The SMILES string of the molecule is Cc1ccccc1CNc1ccccc1NC(=O)C1(C(F)(F)F)CCOCC1.